The van der Waals surface area contributed by atoms with Crippen molar-refractivity contribution in [2.24, 2.45) is 0 Å². The molecule has 8 nitrogen and oxygen atoms in total. The van der Waals surface area contributed by atoms with Crippen LogP contribution < -0.4 is 14.9 Å². The second kappa shape index (κ2) is 8.05. The van der Waals surface area contributed by atoms with Crippen LogP contribution in [0, 0.1) is 0 Å². The summed E-state index contributed by atoms with van der Waals surface area (Å²) >= 11 is 0. The molecule has 0 aliphatic heterocycles. The summed E-state index contributed by atoms with van der Waals surface area (Å²) in [7, 11) is 6.04. The largest absolute Gasteiger partial charge is 0.452 e. The van der Waals surface area contributed by atoms with Crippen molar-refractivity contribution >= 4 is 23.2 Å². The van der Waals surface area contributed by atoms with Crippen LogP contribution in [0.5, 0.6) is 11.5 Å². The maximum atomic E-state index is 12.7. The standard InChI is InChI=1S/C21H20N2O6/c1-22(2)20(25)28-16-11-10-14-15(24)12-17(13-8-6-5-7-9-13)27-18(14)19(16)29-21(26)23(3)4/h5-12H,1-4H3. The first-order chi connectivity index (χ1) is 13.8. The van der Waals surface area contributed by atoms with Gasteiger partial charge in [-0.1, -0.05) is 30.3 Å². The van der Waals surface area contributed by atoms with E-state index in [0.29, 0.717) is 11.3 Å². The molecule has 8 heteroatoms. The highest BCUT2D eigenvalue weighted by atomic mass is 16.6. The van der Waals surface area contributed by atoms with Crippen molar-refractivity contribution < 1.29 is 23.5 Å². The Kier molecular flexibility index (Phi) is 5.54. The third-order valence-electron chi connectivity index (χ3n) is 3.99. The minimum absolute atomic E-state index is 0.00982. The smallest absolute Gasteiger partial charge is 0.414 e. The number of hydrogen-bond donors (Lipinski definition) is 0. The number of nitrogens with zero attached hydrogens (tertiary/aromatic N) is 2. The average molecular weight is 396 g/mol. The van der Waals surface area contributed by atoms with E-state index in [0.717, 1.165) is 0 Å². The van der Waals surface area contributed by atoms with Crippen molar-refractivity contribution in [2.45, 2.75) is 0 Å². The van der Waals surface area contributed by atoms with Gasteiger partial charge in [-0.15, -0.1) is 0 Å². The maximum Gasteiger partial charge on any atom is 0.414 e. The topological polar surface area (TPSA) is 89.3 Å². The van der Waals surface area contributed by atoms with E-state index in [9.17, 15) is 14.4 Å². The van der Waals surface area contributed by atoms with Gasteiger partial charge in [0, 0.05) is 39.8 Å². The fourth-order valence-electron chi connectivity index (χ4n) is 2.46. The zero-order valence-corrected chi connectivity index (χ0v) is 16.5. The number of carbonyl (C=O) groups excluding carboxylic acids is 2. The Morgan fingerprint density at radius 2 is 1.48 bits per heavy atom. The molecule has 0 bridgehead atoms. The molecule has 1 aromatic heterocycles. The van der Waals surface area contributed by atoms with Gasteiger partial charge >= 0.3 is 12.2 Å². The first kappa shape index (κ1) is 19.9. The number of ether oxygens (including phenoxy) is 2. The third-order valence-corrected chi connectivity index (χ3v) is 3.99. The van der Waals surface area contributed by atoms with E-state index < -0.39 is 12.2 Å². The lowest BCUT2D eigenvalue weighted by Crippen LogP contribution is -2.27. The van der Waals surface area contributed by atoms with E-state index >= 15 is 0 Å². The fourth-order valence-corrected chi connectivity index (χ4v) is 2.46. The third kappa shape index (κ3) is 4.21. The molecule has 2 amide bonds. The summed E-state index contributed by atoms with van der Waals surface area (Å²) in [4.78, 5) is 39.3. The van der Waals surface area contributed by atoms with Gasteiger partial charge in [-0.2, -0.15) is 0 Å². The lowest BCUT2D eigenvalue weighted by molar-refractivity contribution is 0.161. The van der Waals surface area contributed by atoms with E-state index in [-0.39, 0.29) is 27.9 Å². The normalized spacial score (nSPS) is 10.5. The van der Waals surface area contributed by atoms with E-state index in [1.165, 1.54) is 56.2 Å². The van der Waals surface area contributed by atoms with Gasteiger partial charge in [0.1, 0.15) is 5.76 Å². The van der Waals surface area contributed by atoms with E-state index in [2.05, 4.69) is 0 Å². The van der Waals surface area contributed by atoms with Crippen LogP contribution >= 0.6 is 0 Å². The van der Waals surface area contributed by atoms with Crippen molar-refractivity contribution in [1.29, 1.82) is 0 Å². The van der Waals surface area contributed by atoms with Crippen molar-refractivity contribution in [1.82, 2.24) is 9.80 Å². The summed E-state index contributed by atoms with van der Waals surface area (Å²) in [5, 5.41) is 0.191. The SMILES string of the molecule is CN(C)C(=O)Oc1ccc2c(=O)cc(-c3ccccc3)oc2c1OC(=O)N(C)C. The Balaban J connectivity index is 2.24. The molecule has 0 N–H and O–H groups in total. The molecule has 29 heavy (non-hydrogen) atoms. The molecule has 1 heterocycles. The van der Waals surface area contributed by atoms with Gasteiger partial charge < -0.3 is 23.7 Å². The molecule has 0 saturated heterocycles. The number of rotatable bonds is 3. The molecule has 0 atom stereocenters. The van der Waals surface area contributed by atoms with Crippen LogP contribution in [0.15, 0.2) is 57.7 Å². The van der Waals surface area contributed by atoms with E-state index in [1.807, 2.05) is 18.2 Å². The van der Waals surface area contributed by atoms with Crippen LogP contribution in [0.4, 0.5) is 9.59 Å². The average Bonchev–Trinajstić information content (AvgIpc) is 2.69. The predicted octanol–water partition coefficient (Wildman–Crippen LogP) is 3.58. The number of amides is 2. The van der Waals surface area contributed by atoms with Gasteiger partial charge in [0.2, 0.25) is 5.75 Å². The van der Waals surface area contributed by atoms with E-state index in [4.69, 9.17) is 13.9 Å². The Bertz CT molecular complexity index is 1120. The first-order valence-electron chi connectivity index (χ1n) is 8.72. The molecule has 0 fully saturated rings. The minimum atomic E-state index is -0.715. The molecule has 0 unspecified atom stereocenters. The Labute approximate surface area is 166 Å². The highest BCUT2D eigenvalue weighted by Gasteiger charge is 2.22. The molecule has 0 aliphatic rings. The van der Waals surface area contributed by atoms with Gasteiger partial charge in [-0.3, -0.25) is 4.79 Å². The summed E-state index contributed by atoms with van der Waals surface area (Å²) in [5.41, 5.74) is 0.362. The Morgan fingerprint density at radius 3 is 2.10 bits per heavy atom. The lowest BCUT2D eigenvalue weighted by Gasteiger charge is -2.17. The highest BCUT2D eigenvalue weighted by Crippen LogP contribution is 2.37. The lowest BCUT2D eigenvalue weighted by atomic mass is 10.1. The second-order valence-electron chi connectivity index (χ2n) is 6.64. The van der Waals surface area contributed by atoms with Crippen LogP contribution in [-0.2, 0) is 0 Å². The zero-order valence-electron chi connectivity index (χ0n) is 16.5. The van der Waals surface area contributed by atoms with Crippen LogP contribution in [-0.4, -0.2) is 50.2 Å². The monoisotopic (exact) mass is 396 g/mol. The number of fused-ring (bicyclic) bond motifs is 1. The van der Waals surface area contributed by atoms with Crippen LogP contribution in [0.1, 0.15) is 0 Å². The Hall–Kier alpha value is -3.81. The molecule has 3 aromatic rings. The Morgan fingerprint density at radius 1 is 0.862 bits per heavy atom. The molecule has 150 valence electrons. The van der Waals surface area contributed by atoms with E-state index in [1.54, 1.807) is 12.1 Å². The molecule has 0 radical (unpaired) electrons. The summed E-state index contributed by atoms with van der Waals surface area (Å²) in [6, 6.07) is 13.2. The number of benzene rings is 2. The molecular formula is C21H20N2O6. The van der Waals surface area contributed by atoms with Crippen LogP contribution in [0.2, 0.25) is 0 Å². The second-order valence-corrected chi connectivity index (χ2v) is 6.64. The van der Waals surface area contributed by atoms with Gasteiger partial charge in [-0.05, 0) is 12.1 Å². The van der Waals surface area contributed by atoms with Gasteiger partial charge in [0.05, 0.1) is 5.39 Å². The van der Waals surface area contributed by atoms with Crippen molar-refractivity contribution in [2.75, 3.05) is 28.2 Å². The molecule has 3 rings (SSSR count). The quantitative estimate of drug-likeness (QED) is 0.672. The molecule has 0 spiro atoms. The summed E-state index contributed by atoms with van der Waals surface area (Å²) in [5.74, 6) is 0.104. The minimum Gasteiger partial charge on any atom is -0.452 e. The fraction of sp³-hybridized carbons (Fsp3) is 0.190. The zero-order chi connectivity index (χ0) is 21.1. The molecular weight excluding hydrogens is 376 g/mol. The van der Waals surface area contributed by atoms with Crippen molar-refractivity contribution in [3.8, 4) is 22.8 Å². The van der Waals surface area contributed by atoms with Gasteiger partial charge in [0.25, 0.3) is 0 Å². The summed E-state index contributed by atoms with van der Waals surface area (Å²) in [6.45, 7) is 0. The number of carbonyl (C=O) groups is 2. The van der Waals surface area contributed by atoms with Crippen molar-refractivity contribution in [3.05, 3.63) is 58.8 Å². The van der Waals surface area contributed by atoms with Crippen LogP contribution in [0.3, 0.4) is 0 Å². The number of hydrogen-bond acceptors (Lipinski definition) is 6. The highest BCUT2D eigenvalue weighted by molar-refractivity contribution is 5.90. The van der Waals surface area contributed by atoms with Gasteiger partial charge in [0.15, 0.2) is 16.8 Å². The van der Waals surface area contributed by atoms with Crippen molar-refractivity contribution in [3.63, 3.8) is 0 Å². The predicted molar refractivity (Wildman–Crippen MR) is 107 cm³/mol. The summed E-state index contributed by atoms with van der Waals surface area (Å²) in [6.07, 6.45) is -1.39. The molecule has 2 aromatic carbocycles. The maximum absolute atomic E-state index is 12.7. The first-order valence-corrected chi connectivity index (χ1v) is 8.72. The molecule has 0 saturated carbocycles. The molecule has 0 aliphatic carbocycles. The van der Waals surface area contributed by atoms with Gasteiger partial charge in [-0.25, -0.2) is 9.59 Å². The summed E-state index contributed by atoms with van der Waals surface area (Å²) < 4.78 is 16.6. The van der Waals surface area contributed by atoms with Crippen LogP contribution in [0.25, 0.3) is 22.3 Å².